The summed E-state index contributed by atoms with van der Waals surface area (Å²) >= 11 is 1.26. The summed E-state index contributed by atoms with van der Waals surface area (Å²) in [4.78, 5) is 0.457. The largest absolute Gasteiger partial charge is 1.00 e. The van der Waals surface area contributed by atoms with Crippen LogP contribution in [0.5, 0.6) is 0 Å². The predicted molar refractivity (Wildman–Crippen MR) is 146 cm³/mol. The van der Waals surface area contributed by atoms with Gasteiger partial charge in [0.1, 0.15) is 15.4 Å². The molecule has 1 N–H and O–H groups in total. The van der Waals surface area contributed by atoms with Gasteiger partial charge in [-0.15, -0.1) is 15.3 Å². The Morgan fingerprint density at radius 2 is 1.41 bits per heavy atom. The van der Waals surface area contributed by atoms with Crippen molar-refractivity contribution in [3.8, 4) is 0 Å². The quantitative estimate of drug-likeness (QED) is 0.132. The standard InChI is InChI=1S/C26H41N5O3S2.Na/c1-2-3-4-5-6-7-8-9-10-11-12-13-14-18-21-23(36(32,33)34)24-28-29-26-31(24)30-25(35-26)27-22-19-16-15-17-20-22;/h15-17,19-20,23H,2-14,18,21H2,1H3,(H,27,30)(H,32,33,34);/q;+1/p-1. The first-order chi connectivity index (χ1) is 17.5. The minimum atomic E-state index is -4.58. The van der Waals surface area contributed by atoms with Gasteiger partial charge in [0, 0.05) is 5.69 Å². The molecule has 2 aromatic heterocycles. The normalized spacial score (nSPS) is 12.5. The monoisotopic (exact) mass is 557 g/mol. The van der Waals surface area contributed by atoms with Gasteiger partial charge >= 0.3 is 29.6 Å². The van der Waals surface area contributed by atoms with E-state index in [0.29, 0.717) is 16.5 Å². The van der Waals surface area contributed by atoms with Crippen molar-refractivity contribution < 1.29 is 42.5 Å². The van der Waals surface area contributed by atoms with Gasteiger partial charge < -0.3 is 9.87 Å². The molecule has 3 rings (SSSR count). The topological polar surface area (TPSA) is 112 Å². The summed E-state index contributed by atoms with van der Waals surface area (Å²) in [6.07, 6.45) is 17.3. The third-order valence-electron chi connectivity index (χ3n) is 6.50. The molecule has 3 aromatic rings. The molecular formula is C26H40N5NaO3S2. The summed E-state index contributed by atoms with van der Waals surface area (Å²) < 4.78 is 37.6. The van der Waals surface area contributed by atoms with Gasteiger partial charge in [-0.05, 0) is 18.6 Å². The van der Waals surface area contributed by atoms with E-state index in [9.17, 15) is 13.0 Å². The predicted octanol–water partition coefficient (Wildman–Crippen LogP) is 4.39. The van der Waals surface area contributed by atoms with Crippen LogP contribution in [0.4, 0.5) is 10.8 Å². The maximum atomic E-state index is 12.1. The first-order valence-corrected chi connectivity index (χ1v) is 15.8. The zero-order chi connectivity index (χ0) is 25.6. The number of para-hydroxylation sites is 1. The molecule has 0 aliphatic carbocycles. The molecule has 0 aliphatic rings. The molecule has 0 fully saturated rings. The Kier molecular flexibility index (Phi) is 15.2. The zero-order valence-corrected chi connectivity index (χ0v) is 26.0. The van der Waals surface area contributed by atoms with Gasteiger partial charge in [0.05, 0.1) is 0 Å². The van der Waals surface area contributed by atoms with Gasteiger partial charge in [-0.3, -0.25) is 0 Å². The van der Waals surface area contributed by atoms with Crippen LogP contribution in [0.3, 0.4) is 0 Å². The molecule has 1 atom stereocenters. The van der Waals surface area contributed by atoms with E-state index in [1.165, 1.54) is 80.1 Å². The molecule has 0 amide bonds. The van der Waals surface area contributed by atoms with E-state index in [2.05, 4.69) is 27.5 Å². The molecular weight excluding hydrogens is 517 g/mol. The van der Waals surface area contributed by atoms with Crippen LogP contribution in [-0.2, 0) is 10.1 Å². The zero-order valence-electron chi connectivity index (χ0n) is 22.4. The Labute approximate surface area is 248 Å². The molecule has 200 valence electrons. The SMILES string of the molecule is CCCCCCCCCCCCCCCCC(c1nnc2sc(Nc3ccccc3)nn12)S(=O)(=O)[O-].[Na+]. The molecule has 0 bridgehead atoms. The number of unbranched alkanes of at least 4 members (excludes halogenated alkanes) is 13. The van der Waals surface area contributed by atoms with Gasteiger partial charge in [0.2, 0.25) is 10.1 Å². The molecule has 8 nitrogen and oxygen atoms in total. The van der Waals surface area contributed by atoms with Gasteiger partial charge in [0.25, 0.3) is 0 Å². The first kappa shape index (κ1) is 32.2. The summed E-state index contributed by atoms with van der Waals surface area (Å²) in [7, 11) is -4.58. The van der Waals surface area contributed by atoms with Crippen LogP contribution in [0.1, 0.15) is 114 Å². The van der Waals surface area contributed by atoms with Crippen LogP contribution in [0.15, 0.2) is 30.3 Å². The first-order valence-electron chi connectivity index (χ1n) is 13.5. The fourth-order valence-electron chi connectivity index (χ4n) is 4.46. The molecule has 2 heterocycles. The summed E-state index contributed by atoms with van der Waals surface area (Å²) in [5.41, 5.74) is 0.861. The number of nitrogens with one attached hydrogen (secondary N) is 1. The summed E-state index contributed by atoms with van der Waals surface area (Å²) in [5, 5.41) is 15.0. The van der Waals surface area contributed by atoms with Crippen molar-refractivity contribution in [3.63, 3.8) is 0 Å². The summed E-state index contributed by atoms with van der Waals surface area (Å²) in [6, 6.07) is 9.55. The van der Waals surface area contributed by atoms with Crippen LogP contribution >= 0.6 is 11.3 Å². The van der Waals surface area contributed by atoms with Crippen LogP contribution in [0, 0.1) is 0 Å². The van der Waals surface area contributed by atoms with Crippen molar-refractivity contribution >= 4 is 37.2 Å². The van der Waals surface area contributed by atoms with E-state index < -0.39 is 15.4 Å². The number of benzene rings is 1. The summed E-state index contributed by atoms with van der Waals surface area (Å²) in [5.74, 6) is 0.104. The van der Waals surface area contributed by atoms with E-state index in [0.717, 1.165) is 24.9 Å². The van der Waals surface area contributed by atoms with Crippen molar-refractivity contribution in [1.29, 1.82) is 0 Å². The Balaban J connectivity index is 0.00000481. The van der Waals surface area contributed by atoms with Gasteiger partial charge in [0.15, 0.2) is 5.82 Å². The van der Waals surface area contributed by atoms with Crippen LogP contribution < -0.4 is 34.9 Å². The second-order valence-corrected chi connectivity index (χ2v) is 12.0. The van der Waals surface area contributed by atoms with Crippen LogP contribution in [0.2, 0.25) is 0 Å². The molecule has 1 aromatic carbocycles. The molecule has 0 radical (unpaired) electrons. The average molecular weight is 558 g/mol. The minimum absolute atomic E-state index is 0. The third-order valence-corrected chi connectivity index (χ3v) is 8.45. The number of anilines is 2. The summed E-state index contributed by atoms with van der Waals surface area (Å²) in [6.45, 7) is 2.25. The number of hydrogen-bond donors (Lipinski definition) is 1. The molecule has 37 heavy (non-hydrogen) atoms. The van der Waals surface area contributed by atoms with E-state index in [-0.39, 0.29) is 41.8 Å². The van der Waals surface area contributed by atoms with E-state index >= 15 is 0 Å². The Morgan fingerprint density at radius 3 is 1.95 bits per heavy atom. The van der Waals surface area contributed by atoms with Gasteiger partial charge in [-0.1, -0.05) is 126 Å². The maximum absolute atomic E-state index is 12.1. The van der Waals surface area contributed by atoms with E-state index in [1.807, 2.05) is 30.3 Å². The fourth-order valence-corrected chi connectivity index (χ4v) is 6.08. The third kappa shape index (κ3) is 11.3. The van der Waals surface area contributed by atoms with Crippen LogP contribution in [0.25, 0.3) is 4.96 Å². The van der Waals surface area contributed by atoms with Crippen molar-refractivity contribution in [1.82, 2.24) is 19.8 Å². The van der Waals surface area contributed by atoms with Crippen molar-refractivity contribution in [2.75, 3.05) is 5.32 Å². The van der Waals surface area contributed by atoms with Crippen molar-refractivity contribution in [2.24, 2.45) is 0 Å². The van der Waals surface area contributed by atoms with Crippen LogP contribution in [-0.4, -0.2) is 32.8 Å². The van der Waals surface area contributed by atoms with Gasteiger partial charge in [-0.2, -0.15) is 4.52 Å². The Hall–Kier alpha value is -1.04. The number of nitrogens with zero attached hydrogens (tertiary/aromatic N) is 4. The molecule has 0 aliphatic heterocycles. The molecule has 11 heteroatoms. The van der Waals surface area contributed by atoms with Crippen molar-refractivity contribution in [3.05, 3.63) is 36.2 Å². The Bertz CT molecular complexity index is 1120. The second kappa shape index (κ2) is 17.5. The number of aromatic nitrogens is 4. The van der Waals surface area contributed by atoms with E-state index in [4.69, 9.17) is 0 Å². The maximum Gasteiger partial charge on any atom is 1.00 e. The molecule has 0 saturated heterocycles. The Morgan fingerprint density at radius 1 is 0.865 bits per heavy atom. The molecule has 1 unspecified atom stereocenters. The molecule has 0 spiro atoms. The van der Waals surface area contributed by atoms with Crippen molar-refractivity contribution in [2.45, 2.75) is 108 Å². The number of hydrogen-bond acceptors (Lipinski definition) is 8. The number of rotatable bonds is 19. The smallest absolute Gasteiger partial charge is 0.747 e. The molecule has 0 saturated carbocycles. The van der Waals surface area contributed by atoms with E-state index in [1.54, 1.807) is 0 Å². The average Bonchev–Trinajstić information content (AvgIpc) is 3.42. The minimum Gasteiger partial charge on any atom is -0.747 e. The number of fused-ring (bicyclic) bond motifs is 1. The fraction of sp³-hybridized carbons (Fsp3) is 0.654. The van der Waals surface area contributed by atoms with Gasteiger partial charge in [-0.25, -0.2) is 8.42 Å². The second-order valence-electron chi connectivity index (χ2n) is 9.52.